The molecular formula is C11H14N2OS. The van der Waals surface area contributed by atoms with E-state index >= 15 is 0 Å². The molecule has 1 aromatic heterocycles. The average Bonchev–Trinajstić information content (AvgIpc) is 2.57. The van der Waals surface area contributed by atoms with Crippen LogP contribution in [0.4, 0.5) is 0 Å². The minimum absolute atomic E-state index is 0.108. The molecule has 2 N–H and O–H groups in total. The molecule has 4 heteroatoms. The lowest BCUT2D eigenvalue weighted by molar-refractivity contribution is 0.539. The maximum absolute atomic E-state index is 12.0. The first-order valence-corrected chi connectivity index (χ1v) is 5.82. The zero-order chi connectivity index (χ0) is 10.8. The Bertz CT molecular complexity index is 515. The minimum Gasteiger partial charge on any atom is -0.330 e. The fraction of sp³-hybridized carbons (Fsp3) is 0.364. The molecule has 0 fully saturated rings. The molecule has 1 unspecified atom stereocenters. The Morgan fingerprint density at radius 1 is 1.47 bits per heavy atom. The molecule has 80 valence electrons. The number of nitrogens with two attached hydrogens (primary N) is 1. The van der Waals surface area contributed by atoms with Crippen LogP contribution in [0, 0.1) is 0 Å². The van der Waals surface area contributed by atoms with Crippen LogP contribution in [-0.4, -0.2) is 10.5 Å². The molecule has 0 radical (unpaired) electrons. The van der Waals surface area contributed by atoms with Gasteiger partial charge in [-0.25, -0.2) is 0 Å². The molecule has 0 saturated heterocycles. The van der Waals surface area contributed by atoms with Crippen molar-refractivity contribution in [1.82, 2.24) is 3.96 Å². The summed E-state index contributed by atoms with van der Waals surface area (Å²) in [4.78, 5) is 12.0. The predicted octanol–water partition coefficient (Wildman–Crippen LogP) is 1.97. The van der Waals surface area contributed by atoms with Gasteiger partial charge in [0.2, 0.25) is 0 Å². The van der Waals surface area contributed by atoms with Crippen molar-refractivity contribution in [1.29, 1.82) is 0 Å². The first-order valence-electron chi connectivity index (χ1n) is 5.04. The normalized spacial score (nSPS) is 13.2. The van der Waals surface area contributed by atoms with E-state index in [0.717, 1.165) is 16.5 Å². The number of aromatic nitrogens is 1. The SMILES string of the molecule is CC(CCN)n1sc2ccccc2c1=O. The Labute approximate surface area is 92.3 Å². The second kappa shape index (κ2) is 4.16. The van der Waals surface area contributed by atoms with Crippen molar-refractivity contribution in [2.24, 2.45) is 5.73 Å². The predicted molar refractivity (Wildman–Crippen MR) is 64.5 cm³/mol. The van der Waals surface area contributed by atoms with E-state index in [1.165, 1.54) is 11.5 Å². The molecule has 3 nitrogen and oxygen atoms in total. The number of fused-ring (bicyclic) bond motifs is 1. The third-order valence-electron chi connectivity index (χ3n) is 2.50. The zero-order valence-electron chi connectivity index (χ0n) is 8.64. The Hall–Kier alpha value is -1.13. The molecular weight excluding hydrogens is 208 g/mol. The lowest BCUT2D eigenvalue weighted by atomic mass is 10.2. The number of rotatable bonds is 3. The summed E-state index contributed by atoms with van der Waals surface area (Å²) in [5.74, 6) is 0. The van der Waals surface area contributed by atoms with Gasteiger partial charge in [-0.1, -0.05) is 23.7 Å². The van der Waals surface area contributed by atoms with Crippen molar-refractivity contribution in [2.45, 2.75) is 19.4 Å². The molecule has 0 saturated carbocycles. The monoisotopic (exact) mass is 222 g/mol. The van der Waals surface area contributed by atoms with Gasteiger partial charge in [0.05, 0.1) is 10.1 Å². The van der Waals surface area contributed by atoms with Crippen molar-refractivity contribution in [3.63, 3.8) is 0 Å². The van der Waals surface area contributed by atoms with Crippen LogP contribution in [0.3, 0.4) is 0 Å². The van der Waals surface area contributed by atoms with Gasteiger partial charge in [0, 0.05) is 6.04 Å². The Kier molecular flexibility index (Phi) is 2.88. The van der Waals surface area contributed by atoms with E-state index in [-0.39, 0.29) is 11.6 Å². The van der Waals surface area contributed by atoms with E-state index < -0.39 is 0 Å². The summed E-state index contributed by atoms with van der Waals surface area (Å²) < 4.78 is 2.86. The van der Waals surface area contributed by atoms with Crippen molar-refractivity contribution < 1.29 is 0 Å². The molecule has 0 aliphatic carbocycles. The van der Waals surface area contributed by atoms with E-state index in [1.54, 1.807) is 0 Å². The van der Waals surface area contributed by atoms with Crippen LogP contribution in [0.5, 0.6) is 0 Å². The van der Waals surface area contributed by atoms with Crippen molar-refractivity contribution >= 4 is 21.6 Å². The maximum atomic E-state index is 12.0. The fourth-order valence-corrected chi connectivity index (χ4v) is 2.71. The van der Waals surface area contributed by atoms with Crippen LogP contribution in [0.2, 0.25) is 0 Å². The second-order valence-corrected chi connectivity index (χ2v) is 4.66. The Balaban J connectivity index is 2.53. The third-order valence-corrected chi connectivity index (χ3v) is 3.77. The molecule has 15 heavy (non-hydrogen) atoms. The molecule has 2 rings (SSSR count). The van der Waals surface area contributed by atoms with E-state index in [9.17, 15) is 4.79 Å². The van der Waals surface area contributed by atoms with Gasteiger partial charge < -0.3 is 5.73 Å². The van der Waals surface area contributed by atoms with Gasteiger partial charge >= 0.3 is 0 Å². The summed E-state index contributed by atoms with van der Waals surface area (Å²) in [5.41, 5.74) is 5.61. The molecule has 1 aromatic carbocycles. The van der Waals surface area contributed by atoms with Crippen LogP contribution in [0.15, 0.2) is 29.1 Å². The molecule has 0 spiro atoms. The standard InChI is InChI=1S/C11H14N2OS/c1-8(6-7-12)13-11(14)9-4-2-3-5-10(9)15-13/h2-5,8H,6-7,12H2,1H3. The van der Waals surface area contributed by atoms with Crippen molar-refractivity contribution in [3.05, 3.63) is 34.6 Å². The summed E-state index contributed by atoms with van der Waals surface area (Å²) in [6.07, 6.45) is 0.840. The summed E-state index contributed by atoms with van der Waals surface area (Å²) in [5, 5.41) is 0.811. The van der Waals surface area contributed by atoms with Gasteiger partial charge in [-0.15, -0.1) is 0 Å². The Morgan fingerprint density at radius 2 is 2.20 bits per heavy atom. The largest absolute Gasteiger partial charge is 0.330 e. The molecule has 1 heterocycles. The first-order chi connectivity index (χ1) is 7.24. The molecule has 0 bridgehead atoms. The summed E-state index contributed by atoms with van der Waals surface area (Å²) >= 11 is 1.52. The fourth-order valence-electron chi connectivity index (χ4n) is 1.64. The maximum Gasteiger partial charge on any atom is 0.268 e. The average molecular weight is 222 g/mol. The van der Waals surface area contributed by atoms with Gasteiger partial charge in [-0.05, 0) is 32.0 Å². The number of nitrogens with zero attached hydrogens (tertiary/aromatic N) is 1. The number of hydrogen-bond acceptors (Lipinski definition) is 3. The van der Waals surface area contributed by atoms with E-state index in [4.69, 9.17) is 5.73 Å². The molecule has 2 aromatic rings. The molecule has 0 aliphatic heterocycles. The number of hydrogen-bond donors (Lipinski definition) is 1. The second-order valence-electron chi connectivity index (χ2n) is 3.64. The van der Waals surface area contributed by atoms with Crippen LogP contribution >= 0.6 is 11.5 Å². The lowest BCUT2D eigenvalue weighted by Gasteiger charge is -2.08. The van der Waals surface area contributed by atoms with Gasteiger partial charge in [0.15, 0.2) is 0 Å². The van der Waals surface area contributed by atoms with Crippen LogP contribution in [0.25, 0.3) is 10.1 Å². The molecule has 0 amide bonds. The summed E-state index contributed by atoms with van der Waals surface area (Å²) in [6.45, 7) is 2.64. The highest BCUT2D eigenvalue weighted by molar-refractivity contribution is 7.13. The first kappa shape index (κ1) is 10.4. The van der Waals surface area contributed by atoms with Crippen molar-refractivity contribution in [3.8, 4) is 0 Å². The van der Waals surface area contributed by atoms with E-state index in [0.29, 0.717) is 6.54 Å². The van der Waals surface area contributed by atoms with Crippen molar-refractivity contribution in [2.75, 3.05) is 6.54 Å². The van der Waals surface area contributed by atoms with Gasteiger partial charge in [0.25, 0.3) is 5.56 Å². The van der Waals surface area contributed by atoms with Crippen LogP contribution in [0.1, 0.15) is 19.4 Å². The van der Waals surface area contributed by atoms with Gasteiger partial charge in [-0.2, -0.15) is 0 Å². The highest BCUT2D eigenvalue weighted by atomic mass is 32.1. The highest BCUT2D eigenvalue weighted by Crippen LogP contribution is 2.20. The van der Waals surface area contributed by atoms with Gasteiger partial charge in [0.1, 0.15) is 0 Å². The smallest absolute Gasteiger partial charge is 0.268 e. The van der Waals surface area contributed by atoms with Gasteiger partial charge in [-0.3, -0.25) is 8.75 Å². The summed E-state index contributed by atoms with van der Waals surface area (Å²) in [7, 11) is 0. The summed E-state index contributed by atoms with van der Waals surface area (Å²) in [6, 6.07) is 7.90. The Morgan fingerprint density at radius 3 is 2.87 bits per heavy atom. The van der Waals surface area contributed by atoms with E-state index in [2.05, 4.69) is 0 Å². The molecule has 1 atom stereocenters. The third kappa shape index (κ3) is 1.82. The topological polar surface area (TPSA) is 48.0 Å². The van der Waals surface area contributed by atoms with Crippen LogP contribution in [-0.2, 0) is 0 Å². The number of benzene rings is 1. The molecule has 0 aliphatic rings. The highest BCUT2D eigenvalue weighted by Gasteiger charge is 2.11. The van der Waals surface area contributed by atoms with Crippen LogP contribution < -0.4 is 11.3 Å². The minimum atomic E-state index is 0.108. The quantitative estimate of drug-likeness (QED) is 0.863. The van der Waals surface area contributed by atoms with E-state index in [1.807, 2.05) is 35.1 Å². The zero-order valence-corrected chi connectivity index (χ0v) is 9.46. The lowest BCUT2D eigenvalue weighted by Crippen LogP contribution is -2.19.